The molecule has 1 aliphatic rings. The first-order chi connectivity index (χ1) is 8.65. The number of nitrogens with one attached hydrogen (secondary N) is 1. The minimum Gasteiger partial charge on any atom is -0.311 e. The first-order valence-electron chi connectivity index (χ1n) is 6.35. The third-order valence-corrected chi connectivity index (χ3v) is 6.36. The first kappa shape index (κ1) is 14.7. The fourth-order valence-electron chi connectivity index (χ4n) is 2.56. The summed E-state index contributed by atoms with van der Waals surface area (Å²) in [5, 5.41) is 4.37. The molecule has 0 aliphatic heterocycles. The highest BCUT2D eigenvalue weighted by atomic mass is 79.9. The van der Waals surface area contributed by atoms with E-state index >= 15 is 0 Å². The van der Waals surface area contributed by atoms with Crippen molar-refractivity contribution in [2.24, 2.45) is 0 Å². The summed E-state index contributed by atoms with van der Waals surface area (Å²) in [6, 6.07) is 6.15. The largest absolute Gasteiger partial charge is 0.311 e. The van der Waals surface area contributed by atoms with Gasteiger partial charge in [0.25, 0.3) is 0 Å². The molecule has 1 N–H and O–H groups in total. The highest BCUT2D eigenvalue weighted by Gasteiger charge is 2.32. The van der Waals surface area contributed by atoms with Crippen LogP contribution in [0.4, 0.5) is 0 Å². The van der Waals surface area contributed by atoms with Gasteiger partial charge >= 0.3 is 0 Å². The van der Waals surface area contributed by atoms with E-state index in [0.717, 1.165) is 22.6 Å². The van der Waals surface area contributed by atoms with Crippen LogP contribution in [0.3, 0.4) is 0 Å². The normalized spacial score (nSPS) is 18.2. The van der Waals surface area contributed by atoms with Gasteiger partial charge in [-0.15, -0.1) is 0 Å². The zero-order chi connectivity index (χ0) is 13.0. The van der Waals surface area contributed by atoms with E-state index in [1.807, 2.05) is 23.9 Å². The lowest BCUT2D eigenvalue weighted by molar-refractivity contribution is 0.534. The number of thioether (sulfide) groups is 1. The summed E-state index contributed by atoms with van der Waals surface area (Å²) in [5.41, 5.74) is 1.25. The number of halogens is 2. The Bertz CT molecular complexity index is 405. The van der Waals surface area contributed by atoms with Gasteiger partial charge in [-0.25, -0.2) is 0 Å². The molecule has 0 atom stereocenters. The van der Waals surface area contributed by atoms with Crippen LogP contribution >= 0.6 is 39.3 Å². The van der Waals surface area contributed by atoms with Crippen molar-refractivity contribution >= 4 is 39.3 Å². The van der Waals surface area contributed by atoms with Gasteiger partial charge in [0.15, 0.2) is 0 Å². The monoisotopic (exact) mass is 347 g/mol. The Morgan fingerprint density at radius 3 is 2.72 bits per heavy atom. The predicted molar refractivity (Wildman–Crippen MR) is 85.6 cm³/mol. The highest BCUT2D eigenvalue weighted by molar-refractivity contribution is 9.10. The van der Waals surface area contributed by atoms with Gasteiger partial charge in [0, 0.05) is 22.3 Å². The third-order valence-electron chi connectivity index (χ3n) is 3.71. The van der Waals surface area contributed by atoms with E-state index in [9.17, 15) is 0 Å². The quantitative estimate of drug-likeness (QED) is 0.815. The maximum atomic E-state index is 6.10. The van der Waals surface area contributed by atoms with Crippen LogP contribution in [0.5, 0.6) is 0 Å². The maximum Gasteiger partial charge on any atom is 0.0551 e. The first-order valence-corrected chi connectivity index (χ1v) is 8.75. The molecule has 2 rings (SSSR count). The molecule has 0 heterocycles. The van der Waals surface area contributed by atoms with Crippen LogP contribution in [0.2, 0.25) is 5.02 Å². The van der Waals surface area contributed by atoms with Crippen LogP contribution in [0.25, 0.3) is 0 Å². The Balaban J connectivity index is 1.86. The maximum absolute atomic E-state index is 6.10. The second kappa shape index (κ2) is 6.65. The molecule has 0 radical (unpaired) electrons. The molecule has 0 unspecified atom stereocenters. The van der Waals surface area contributed by atoms with Crippen molar-refractivity contribution in [3.05, 3.63) is 33.3 Å². The predicted octanol–water partition coefficient (Wildman–Crippen LogP) is 4.87. The summed E-state index contributed by atoms with van der Waals surface area (Å²) in [7, 11) is 0. The van der Waals surface area contributed by atoms with Gasteiger partial charge < -0.3 is 5.32 Å². The fourth-order valence-corrected chi connectivity index (χ4v) is 3.95. The smallest absolute Gasteiger partial charge is 0.0551 e. The van der Waals surface area contributed by atoms with E-state index in [-0.39, 0.29) is 0 Å². The zero-order valence-corrected chi connectivity index (χ0v) is 13.8. The van der Waals surface area contributed by atoms with E-state index in [2.05, 4.69) is 33.6 Å². The van der Waals surface area contributed by atoms with E-state index in [4.69, 9.17) is 11.6 Å². The van der Waals surface area contributed by atoms with E-state index in [0.29, 0.717) is 4.75 Å². The molecule has 1 fully saturated rings. The molecule has 4 heteroatoms. The minimum atomic E-state index is 0.471. The standard InChI is InChI=1S/C14H19BrClNS/c1-18-14(6-2-3-7-14)10-17-9-11-4-5-12(15)13(16)8-11/h4-5,8,17H,2-3,6-7,9-10H2,1H3. The van der Waals surface area contributed by atoms with Crippen molar-refractivity contribution in [3.63, 3.8) is 0 Å². The topological polar surface area (TPSA) is 12.0 Å². The minimum absolute atomic E-state index is 0.471. The van der Waals surface area contributed by atoms with Crippen molar-refractivity contribution in [2.75, 3.05) is 12.8 Å². The Kier molecular flexibility index (Phi) is 5.43. The second-order valence-corrected chi connectivity index (χ2v) is 7.48. The van der Waals surface area contributed by atoms with Crippen LogP contribution in [-0.4, -0.2) is 17.5 Å². The third kappa shape index (κ3) is 3.66. The summed E-state index contributed by atoms with van der Waals surface area (Å²) in [6.07, 6.45) is 7.70. The van der Waals surface area contributed by atoms with Gasteiger partial charge in [0.2, 0.25) is 0 Å². The summed E-state index contributed by atoms with van der Waals surface area (Å²) in [5.74, 6) is 0. The van der Waals surface area contributed by atoms with Crippen LogP contribution in [0.15, 0.2) is 22.7 Å². The van der Waals surface area contributed by atoms with E-state index in [1.54, 1.807) is 0 Å². The molecule has 1 aliphatic carbocycles. The average molecular weight is 349 g/mol. The summed E-state index contributed by atoms with van der Waals surface area (Å²) >= 11 is 11.5. The molecule has 0 amide bonds. The fraction of sp³-hybridized carbons (Fsp3) is 0.571. The average Bonchev–Trinajstić information content (AvgIpc) is 2.83. The van der Waals surface area contributed by atoms with Crippen molar-refractivity contribution in [1.29, 1.82) is 0 Å². The zero-order valence-electron chi connectivity index (χ0n) is 10.6. The molecule has 100 valence electrons. The summed E-state index contributed by atoms with van der Waals surface area (Å²) in [6.45, 7) is 2.00. The van der Waals surface area contributed by atoms with Gasteiger partial charge in [-0.2, -0.15) is 11.8 Å². The van der Waals surface area contributed by atoms with Crippen molar-refractivity contribution in [1.82, 2.24) is 5.32 Å². The molecule has 0 saturated heterocycles. The Morgan fingerprint density at radius 1 is 1.39 bits per heavy atom. The SMILES string of the molecule is CSC1(CNCc2ccc(Br)c(Cl)c2)CCCC1. The molecule has 1 aromatic carbocycles. The van der Waals surface area contributed by atoms with Crippen molar-refractivity contribution in [3.8, 4) is 0 Å². The molecule has 1 aromatic rings. The van der Waals surface area contributed by atoms with Gasteiger partial charge in [-0.3, -0.25) is 0 Å². The molecular formula is C14H19BrClNS. The number of rotatable bonds is 5. The van der Waals surface area contributed by atoms with Crippen LogP contribution in [0.1, 0.15) is 31.2 Å². The molecular weight excluding hydrogens is 330 g/mol. The van der Waals surface area contributed by atoms with E-state index in [1.165, 1.54) is 31.2 Å². The Hall–Kier alpha value is 0.300. The van der Waals surface area contributed by atoms with Gasteiger partial charge in [-0.1, -0.05) is 30.5 Å². The van der Waals surface area contributed by atoms with Gasteiger partial charge in [0.1, 0.15) is 0 Å². The molecule has 0 aromatic heterocycles. The van der Waals surface area contributed by atoms with Crippen LogP contribution in [-0.2, 0) is 6.54 Å². The van der Waals surface area contributed by atoms with Gasteiger partial charge in [0.05, 0.1) is 5.02 Å². The molecule has 1 nitrogen and oxygen atoms in total. The highest BCUT2D eigenvalue weighted by Crippen LogP contribution is 2.39. The van der Waals surface area contributed by atoms with Crippen molar-refractivity contribution in [2.45, 2.75) is 37.0 Å². The molecule has 0 bridgehead atoms. The summed E-state index contributed by atoms with van der Waals surface area (Å²) in [4.78, 5) is 0. The molecule has 18 heavy (non-hydrogen) atoms. The lowest BCUT2D eigenvalue weighted by Crippen LogP contribution is -2.34. The number of benzene rings is 1. The molecule has 0 spiro atoms. The van der Waals surface area contributed by atoms with Crippen molar-refractivity contribution < 1.29 is 0 Å². The summed E-state index contributed by atoms with van der Waals surface area (Å²) < 4.78 is 1.43. The molecule has 1 saturated carbocycles. The number of hydrogen-bond donors (Lipinski definition) is 1. The van der Waals surface area contributed by atoms with Gasteiger partial charge in [-0.05, 0) is 52.7 Å². The van der Waals surface area contributed by atoms with Crippen LogP contribution < -0.4 is 5.32 Å². The lowest BCUT2D eigenvalue weighted by Gasteiger charge is -2.27. The van der Waals surface area contributed by atoms with E-state index < -0.39 is 0 Å². The lowest BCUT2D eigenvalue weighted by atomic mass is 10.1. The Labute approximate surface area is 127 Å². The Morgan fingerprint density at radius 2 is 2.11 bits per heavy atom. The van der Waals surface area contributed by atoms with Crippen LogP contribution in [0, 0.1) is 0 Å². The number of hydrogen-bond acceptors (Lipinski definition) is 2. The second-order valence-electron chi connectivity index (χ2n) is 4.95.